The molecule has 2 unspecified atom stereocenters. The number of hydrogen-bond donors (Lipinski definition) is 0. The molecule has 3 rings (SSSR count). The van der Waals surface area contributed by atoms with E-state index in [4.69, 9.17) is 0 Å². The Balaban J connectivity index is 1.48. The zero-order valence-electron chi connectivity index (χ0n) is 10.5. The van der Waals surface area contributed by atoms with Gasteiger partial charge in [-0.2, -0.15) is 0 Å². The van der Waals surface area contributed by atoms with Crippen molar-refractivity contribution in [1.29, 1.82) is 0 Å². The molecule has 3 fully saturated rings. The van der Waals surface area contributed by atoms with Crippen LogP contribution < -0.4 is 0 Å². The molecule has 2 aliphatic carbocycles. The topological polar surface area (TPSA) is 3.24 Å². The van der Waals surface area contributed by atoms with Crippen LogP contribution in [0.25, 0.3) is 0 Å². The molecule has 1 aliphatic heterocycles. The Morgan fingerprint density at radius 3 is 2.07 bits per heavy atom. The summed E-state index contributed by atoms with van der Waals surface area (Å²) in [4.78, 5) is 2.75. The summed E-state index contributed by atoms with van der Waals surface area (Å²) in [5, 5.41) is 0. The van der Waals surface area contributed by atoms with Gasteiger partial charge in [-0.15, -0.1) is 0 Å². The number of hydrogen-bond acceptors (Lipinski definition) is 1. The van der Waals surface area contributed by atoms with Gasteiger partial charge in [0.15, 0.2) is 0 Å². The number of piperidine rings is 1. The highest BCUT2D eigenvalue weighted by Crippen LogP contribution is 2.59. The average Bonchev–Trinajstić information content (AvgIpc) is 2.58. The molecule has 2 saturated carbocycles. The van der Waals surface area contributed by atoms with Gasteiger partial charge in [0.05, 0.1) is 0 Å². The van der Waals surface area contributed by atoms with Crippen molar-refractivity contribution in [3.8, 4) is 0 Å². The van der Waals surface area contributed by atoms with Gasteiger partial charge in [0, 0.05) is 19.6 Å². The number of fused-ring (bicyclic) bond motifs is 1. The van der Waals surface area contributed by atoms with Crippen molar-refractivity contribution < 1.29 is 0 Å². The van der Waals surface area contributed by atoms with Crippen molar-refractivity contribution in [2.45, 2.75) is 40.0 Å². The van der Waals surface area contributed by atoms with Crippen LogP contribution in [0.5, 0.6) is 0 Å². The molecular weight excluding hydrogens is 182 g/mol. The highest BCUT2D eigenvalue weighted by molar-refractivity contribution is 5.09. The van der Waals surface area contributed by atoms with Gasteiger partial charge in [-0.25, -0.2) is 0 Å². The van der Waals surface area contributed by atoms with E-state index in [1.165, 1.54) is 38.9 Å². The van der Waals surface area contributed by atoms with Gasteiger partial charge >= 0.3 is 0 Å². The first-order valence-corrected chi connectivity index (χ1v) is 6.78. The molecule has 0 aromatic carbocycles. The van der Waals surface area contributed by atoms with E-state index in [1.54, 1.807) is 0 Å². The lowest BCUT2D eigenvalue weighted by atomic mass is 9.84. The molecule has 0 N–H and O–H groups in total. The van der Waals surface area contributed by atoms with E-state index >= 15 is 0 Å². The molecule has 1 nitrogen and oxygen atoms in total. The van der Waals surface area contributed by atoms with Crippen LogP contribution in [-0.4, -0.2) is 24.5 Å². The molecule has 3 aliphatic rings. The van der Waals surface area contributed by atoms with Crippen LogP contribution in [0.4, 0.5) is 0 Å². The first kappa shape index (κ1) is 10.1. The summed E-state index contributed by atoms with van der Waals surface area (Å²) in [5.74, 6) is 4.22. The van der Waals surface area contributed by atoms with Crippen molar-refractivity contribution in [3.63, 3.8) is 0 Å². The highest BCUT2D eigenvalue weighted by Gasteiger charge is 2.59. The molecule has 86 valence electrons. The first-order chi connectivity index (χ1) is 7.05. The van der Waals surface area contributed by atoms with E-state index in [-0.39, 0.29) is 0 Å². The van der Waals surface area contributed by atoms with Crippen LogP contribution in [0.2, 0.25) is 0 Å². The third-order valence-corrected chi connectivity index (χ3v) is 5.01. The standard InChI is InChI=1S/C14H25N/c1-14(2,3)13-11-8-15(9-12(11)13)7-10-5-4-6-10/h10-13H,4-9H2,1-3H3. The van der Waals surface area contributed by atoms with Gasteiger partial charge in [0.25, 0.3) is 0 Å². The van der Waals surface area contributed by atoms with Gasteiger partial charge in [-0.05, 0) is 41.9 Å². The second-order valence-electron chi connectivity index (χ2n) is 7.23. The zero-order chi connectivity index (χ0) is 10.6. The van der Waals surface area contributed by atoms with Crippen molar-refractivity contribution in [3.05, 3.63) is 0 Å². The summed E-state index contributed by atoms with van der Waals surface area (Å²) in [6, 6.07) is 0. The lowest BCUT2D eigenvalue weighted by Crippen LogP contribution is -2.34. The maximum absolute atomic E-state index is 2.75. The smallest absolute Gasteiger partial charge is 0.00161 e. The van der Waals surface area contributed by atoms with E-state index in [2.05, 4.69) is 25.7 Å². The van der Waals surface area contributed by atoms with Crippen LogP contribution in [-0.2, 0) is 0 Å². The van der Waals surface area contributed by atoms with Crippen molar-refractivity contribution in [2.24, 2.45) is 29.1 Å². The molecule has 0 spiro atoms. The molecule has 0 amide bonds. The van der Waals surface area contributed by atoms with Gasteiger partial charge in [0.2, 0.25) is 0 Å². The molecule has 1 heteroatoms. The Kier molecular flexibility index (Phi) is 2.18. The van der Waals surface area contributed by atoms with Gasteiger partial charge in [0.1, 0.15) is 0 Å². The minimum absolute atomic E-state index is 0.567. The molecule has 0 aromatic rings. The van der Waals surface area contributed by atoms with Crippen LogP contribution >= 0.6 is 0 Å². The Morgan fingerprint density at radius 2 is 1.67 bits per heavy atom. The number of rotatable bonds is 2. The van der Waals surface area contributed by atoms with Crippen molar-refractivity contribution in [2.75, 3.05) is 19.6 Å². The molecule has 1 heterocycles. The maximum Gasteiger partial charge on any atom is 0.00161 e. The largest absolute Gasteiger partial charge is 0.302 e. The predicted octanol–water partition coefficient (Wildman–Crippen LogP) is 3.01. The Bertz CT molecular complexity index is 237. The SMILES string of the molecule is CC(C)(C)C1C2CN(CC3CCC3)CC21. The number of nitrogens with zero attached hydrogens (tertiary/aromatic N) is 1. The van der Waals surface area contributed by atoms with Crippen LogP contribution in [0.15, 0.2) is 0 Å². The summed E-state index contributed by atoms with van der Waals surface area (Å²) >= 11 is 0. The summed E-state index contributed by atoms with van der Waals surface area (Å²) in [7, 11) is 0. The zero-order valence-corrected chi connectivity index (χ0v) is 10.5. The van der Waals surface area contributed by atoms with E-state index in [1.807, 2.05) is 0 Å². The van der Waals surface area contributed by atoms with E-state index < -0.39 is 0 Å². The van der Waals surface area contributed by atoms with E-state index in [9.17, 15) is 0 Å². The number of likely N-dealkylation sites (tertiary alicyclic amines) is 1. The molecule has 2 atom stereocenters. The Labute approximate surface area is 94.2 Å². The second kappa shape index (κ2) is 3.23. The summed E-state index contributed by atoms with van der Waals surface area (Å²) in [5.41, 5.74) is 0.567. The fraction of sp³-hybridized carbons (Fsp3) is 1.00. The average molecular weight is 207 g/mol. The minimum Gasteiger partial charge on any atom is -0.302 e. The van der Waals surface area contributed by atoms with Gasteiger partial charge in [-0.3, -0.25) is 0 Å². The molecule has 1 saturated heterocycles. The third kappa shape index (κ3) is 1.73. The quantitative estimate of drug-likeness (QED) is 0.673. The van der Waals surface area contributed by atoms with Crippen LogP contribution in [0.1, 0.15) is 40.0 Å². The van der Waals surface area contributed by atoms with E-state index in [0.717, 1.165) is 23.7 Å². The fourth-order valence-electron chi connectivity index (χ4n) is 4.09. The van der Waals surface area contributed by atoms with Crippen molar-refractivity contribution >= 4 is 0 Å². The summed E-state index contributed by atoms with van der Waals surface area (Å²) in [6.07, 6.45) is 4.51. The van der Waals surface area contributed by atoms with E-state index in [0.29, 0.717) is 5.41 Å². The van der Waals surface area contributed by atoms with Crippen LogP contribution in [0.3, 0.4) is 0 Å². The fourth-order valence-corrected chi connectivity index (χ4v) is 4.09. The molecule has 15 heavy (non-hydrogen) atoms. The maximum atomic E-state index is 2.75. The van der Waals surface area contributed by atoms with Crippen molar-refractivity contribution in [1.82, 2.24) is 4.90 Å². The summed E-state index contributed by atoms with van der Waals surface area (Å²) in [6.45, 7) is 11.5. The molecule has 0 aromatic heterocycles. The Morgan fingerprint density at radius 1 is 1.07 bits per heavy atom. The minimum atomic E-state index is 0.567. The lowest BCUT2D eigenvalue weighted by molar-refractivity contribution is 0.167. The predicted molar refractivity (Wildman–Crippen MR) is 63.7 cm³/mol. The highest BCUT2D eigenvalue weighted by atomic mass is 15.2. The van der Waals surface area contributed by atoms with Crippen LogP contribution in [0, 0.1) is 29.1 Å². The molecular formula is C14H25N. The third-order valence-electron chi connectivity index (χ3n) is 5.01. The molecule has 0 bridgehead atoms. The van der Waals surface area contributed by atoms with Gasteiger partial charge in [-0.1, -0.05) is 27.2 Å². The Hall–Kier alpha value is -0.0400. The van der Waals surface area contributed by atoms with Gasteiger partial charge < -0.3 is 4.90 Å². The normalized spacial score (nSPS) is 41.4. The monoisotopic (exact) mass is 207 g/mol. The lowest BCUT2D eigenvalue weighted by Gasteiger charge is -2.32. The second-order valence-corrected chi connectivity index (χ2v) is 7.23. The summed E-state index contributed by atoms with van der Waals surface area (Å²) < 4.78 is 0. The molecule has 0 radical (unpaired) electrons. The first-order valence-electron chi connectivity index (χ1n) is 6.78.